The maximum Gasteiger partial charge on any atom is 0.331 e. The van der Waals surface area contributed by atoms with Crippen LogP contribution in [-0.2, 0) is 13.1 Å². The third kappa shape index (κ3) is 2.69. The molecule has 0 aliphatic carbocycles. The number of halogens is 1. The molecule has 0 saturated carbocycles. The molecule has 0 bridgehead atoms. The molecule has 2 N–H and O–H groups in total. The van der Waals surface area contributed by atoms with Gasteiger partial charge in [-0.05, 0) is 30.7 Å². The smallest absolute Gasteiger partial charge is 0.331 e. The van der Waals surface area contributed by atoms with E-state index in [1.807, 2.05) is 6.07 Å². The lowest BCUT2D eigenvalue weighted by Gasteiger charge is -2.11. The summed E-state index contributed by atoms with van der Waals surface area (Å²) in [6, 6.07) is 5.49. The molecule has 0 atom stereocenters. The predicted molar refractivity (Wildman–Crippen MR) is 75.3 cm³/mol. The Morgan fingerprint density at radius 2 is 2.10 bits per heavy atom. The van der Waals surface area contributed by atoms with E-state index < -0.39 is 17.1 Å². The summed E-state index contributed by atoms with van der Waals surface area (Å²) >= 11 is 0. The van der Waals surface area contributed by atoms with Crippen LogP contribution >= 0.6 is 0 Å². The minimum Gasteiger partial charge on any atom is -0.393 e. The van der Waals surface area contributed by atoms with Crippen molar-refractivity contribution in [3.63, 3.8) is 0 Å². The molecule has 0 radical (unpaired) electrons. The molecule has 108 valence electrons. The Morgan fingerprint density at radius 3 is 2.71 bits per heavy atom. The van der Waals surface area contributed by atoms with Crippen LogP contribution in [0.5, 0.6) is 0 Å². The monoisotopic (exact) mass is 288 g/mol. The molecule has 21 heavy (non-hydrogen) atoms. The van der Waals surface area contributed by atoms with Crippen molar-refractivity contribution in [3.05, 3.63) is 62.2 Å². The van der Waals surface area contributed by atoms with Crippen LogP contribution < -0.4 is 17.0 Å². The zero-order valence-electron chi connectivity index (χ0n) is 11.3. The van der Waals surface area contributed by atoms with E-state index in [1.165, 1.54) is 16.8 Å². The van der Waals surface area contributed by atoms with Gasteiger partial charge < -0.3 is 5.73 Å². The predicted octanol–water partition coefficient (Wildman–Crippen LogP) is 0.671. The third-order valence-electron chi connectivity index (χ3n) is 3.12. The second kappa shape index (κ2) is 5.63. The number of rotatable bonds is 3. The van der Waals surface area contributed by atoms with Crippen molar-refractivity contribution < 1.29 is 4.39 Å². The SMILES string of the molecule is CCn1cc(N)c(=O)n(Cc2cc(F)ccc2C#N)c1=O. The third-order valence-corrected chi connectivity index (χ3v) is 3.12. The molecule has 1 aromatic heterocycles. The van der Waals surface area contributed by atoms with Crippen LogP contribution in [0.2, 0.25) is 0 Å². The number of hydrogen-bond donors (Lipinski definition) is 1. The summed E-state index contributed by atoms with van der Waals surface area (Å²) in [6.45, 7) is 1.87. The molecule has 0 unspecified atom stereocenters. The highest BCUT2D eigenvalue weighted by Gasteiger charge is 2.12. The number of nitriles is 1. The fourth-order valence-corrected chi connectivity index (χ4v) is 2.01. The lowest BCUT2D eigenvalue weighted by atomic mass is 10.1. The van der Waals surface area contributed by atoms with E-state index in [0.717, 1.165) is 16.7 Å². The van der Waals surface area contributed by atoms with E-state index >= 15 is 0 Å². The Kier molecular flexibility index (Phi) is 3.89. The number of hydrogen-bond acceptors (Lipinski definition) is 4. The number of nitrogen functional groups attached to an aromatic ring is 1. The largest absolute Gasteiger partial charge is 0.393 e. The molecular weight excluding hydrogens is 275 g/mol. The van der Waals surface area contributed by atoms with Gasteiger partial charge in [-0.25, -0.2) is 9.18 Å². The van der Waals surface area contributed by atoms with E-state index in [2.05, 4.69) is 0 Å². The van der Waals surface area contributed by atoms with Crippen LogP contribution in [0.25, 0.3) is 0 Å². The molecular formula is C14H13FN4O2. The molecule has 6 nitrogen and oxygen atoms in total. The van der Waals surface area contributed by atoms with Gasteiger partial charge in [0.15, 0.2) is 0 Å². The van der Waals surface area contributed by atoms with E-state index in [-0.39, 0.29) is 23.4 Å². The minimum atomic E-state index is -0.655. The lowest BCUT2D eigenvalue weighted by molar-refractivity contribution is 0.595. The standard InChI is InChI=1S/C14H13FN4O2/c1-2-18-8-12(17)13(20)19(14(18)21)7-10-5-11(15)4-3-9(10)6-16/h3-5,8H,2,7,17H2,1H3. The van der Waals surface area contributed by atoms with Gasteiger partial charge in [-0.3, -0.25) is 13.9 Å². The maximum absolute atomic E-state index is 13.3. The summed E-state index contributed by atoms with van der Waals surface area (Å²) in [5.41, 5.74) is 4.76. The first-order valence-corrected chi connectivity index (χ1v) is 6.26. The van der Waals surface area contributed by atoms with Crippen LogP contribution in [0.15, 0.2) is 34.0 Å². The zero-order valence-corrected chi connectivity index (χ0v) is 11.3. The molecule has 0 aliphatic rings. The van der Waals surface area contributed by atoms with E-state index in [9.17, 15) is 14.0 Å². The molecule has 0 spiro atoms. The second-order valence-electron chi connectivity index (χ2n) is 4.46. The molecule has 2 aromatic rings. The van der Waals surface area contributed by atoms with Crippen LogP contribution in [0.1, 0.15) is 18.1 Å². The van der Waals surface area contributed by atoms with E-state index in [0.29, 0.717) is 6.54 Å². The number of aromatic nitrogens is 2. The van der Waals surface area contributed by atoms with Crippen molar-refractivity contribution in [3.8, 4) is 6.07 Å². The maximum atomic E-state index is 13.3. The lowest BCUT2D eigenvalue weighted by Crippen LogP contribution is -2.40. The van der Waals surface area contributed by atoms with Gasteiger partial charge in [-0.15, -0.1) is 0 Å². The summed E-state index contributed by atoms with van der Waals surface area (Å²) < 4.78 is 15.5. The summed E-state index contributed by atoms with van der Waals surface area (Å²) in [7, 11) is 0. The molecule has 0 aliphatic heterocycles. The Balaban J connectivity index is 2.63. The van der Waals surface area contributed by atoms with Gasteiger partial charge in [0.1, 0.15) is 11.5 Å². The first-order valence-electron chi connectivity index (χ1n) is 6.26. The fraction of sp³-hybridized carbons (Fsp3) is 0.214. The Morgan fingerprint density at radius 1 is 1.38 bits per heavy atom. The molecule has 1 aromatic carbocycles. The molecule has 0 fully saturated rings. The highest BCUT2D eigenvalue weighted by Crippen LogP contribution is 2.11. The normalized spacial score (nSPS) is 10.3. The van der Waals surface area contributed by atoms with Crippen molar-refractivity contribution in [2.45, 2.75) is 20.0 Å². The van der Waals surface area contributed by atoms with Crippen molar-refractivity contribution >= 4 is 5.69 Å². The number of nitrogens with zero attached hydrogens (tertiary/aromatic N) is 3. The molecule has 0 saturated heterocycles. The van der Waals surface area contributed by atoms with Crippen molar-refractivity contribution in [2.24, 2.45) is 0 Å². The topological polar surface area (TPSA) is 93.8 Å². The number of benzene rings is 1. The zero-order chi connectivity index (χ0) is 15.6. The van der Waals surface area contributed by atoms with Gasteiger partial charge in [0, 0.05) is 12.7 Å². The second-order valence-corrected chi connectivity index (χ2v) is 4.46. The average molecular weight is 288 g/mol. The quantitative estimate of drug-likeness (QED) is 0.898. The van der Waals surface area contributed by atoms with Crippen LogP contribution in [0.3, 0.4) is 0 Å². The average Bonchev–Trinajstić information content (AvgIpc) is 2.47. The van der Waals surface area contributed by atoms with Gasteiger partial charge >= 0.3 is 5.69 Å². The molecule has 1 heterocycles. The molecule has 0 amide bonds. The van der Waals surface area contributed by atoms with Crippen LogP contribution in [0, 0.1) is 17.1 Å². The Hall–Kier alpha value is -2.88. The fourth-order valence-electron chi connectivity index (χ4n) is 2.01. The molecule has 2 rings (SSSR count). The Labute approximate surface area is 119 Å². The summed E-state index contributed by atoms with van der Waals surface area (Å²) in [5, 5.41) is 9.01. The van der Waals surface area contributed by atoms with Crippen LogP contribution in [0.4, 0.5) is 10.1 Å². The summed E-state index contributed by atoms with van der Waals surface area (Å²) in [6.07, 6.45) is 1.28. The van der Waals surface area contributed by atoms with Gasteiger partial charge in [-0.2, -0.15) is 5.26 Å². The first-order chi connectivity index (χ1) is 9.97. The van der Waals surface area contributed by atoms with Gasteiger partial charge in [0.25, 0.3) is 5.56 Å². The van der Waals surface area contributed by atoms with Crippen molar-refractivity contribution in [1.29, 1.82) is 5.26 Å². The molecule has 7 heteroatoms. The van der Waals surface area contributed by atoms with Gasteiger partial charge in [0.2, 0.25) is 0 Å². The van der Waals surface area contributed by atoms with E-state index in [4.69, 9.17) is 11.0 Å². The number of aryl methyl sites for hydroxylation is 1. The number of anilines is 1. The van der Waals surface area contributed by atoms with Crippen molar-refractivity contribution in [1.82, 2.24) is 9.13 Å². The van der Waals surface area contributed by atoms with Crippen molar-refractivity contribution in [2.75, 3.05) is 5.73 Å². The van der Waals surface area contributed by atoms with Gasteiger partial charge in [-0.1, -0.05) is 0 Å². The Bertz CT molecular complexity index is 846. The first kappa shape index (κ1) is 14.5. The summed E-state index contributed by atoms with van der Waals surface area (Å²) in [5.74, 6) is -0.545. The highest BCUT2D eigenvalue weighted by atomic mass is 19.1. The van der Waals surface area contributed by atoms with E-state index in [1.54, 1.807) is 6.92 Å². The van der Waals surface area contributed by atoms with Gasteiger partial charge in [0.05, 0.1) is 18.2 Å². The number of nitrogens with two attached hydrogens (primary N) is 1. The highest BCUT2D eigenvalue weighted by molar-refractivity contribution is 5.38. The summed E-state index contributed by atoms with van der Waals surface area (Å²) in [4.78, 5) is 24.2. The van der Waals surface area contributed by atoms with Crippen LogP contribution in [-0.4, -0.2) is 9.13 Å². The minimum absolute atomic E-state index is 0.0774.